The van der Waals surface area contributed by atoms with E-state index in [2.05, 4.69) is 15.9 Å². The van der Waals surface area contributed by atoms with Gasteiger partial charge in [-0.15, -0.1) is 0 Å². The minimum atomic E-state index is -4.17. The number of benzene rings is 1. The van der Waals surface area contributed by atoms with Crippen molar-refractivity contribution >= 4 is 27.5 Å². The van der Waals surface area contributed by atoms with E-state index in [1.165, 1.54) is 4.90 Å². The highest BCUT2D eigenvalue weighted by Gasteiger charge is 2.29. The Hall–Kier alpha value is -0.260. The molecule has 0 amide bonds. The highest BCUT2D eigenvalue weighted by Crippen LogP contribution is 2.24. The second-order valence-electron chi connectivity index (χ2n) is 3.67. The summed E-state index contributed by atoms with van der Waals surface area (Å²) in [6.45, 7) is 1.37. The number of hydrogen-bond acceptors (Lipinski definition) is 1. The number of nitrogens with zero attached hydrogens (tertiary/aromatic N) is 1. The molecular formula is C11H12BrClF3N. The van der Waals surface area contributed by atoms with Crippen molar-refractivity contribution in [3.05, 3.63) is 33.3 Å². The number of hydrogen-bond donors (Lipinski definition) is 0. The van der Waals surface area contributed by atoms with E-state index in [1.807, 2.05) is 0 Å². The molecule has 0 N–H and O–H groups in total. The molecule has 96 valence electrons. The molecule has 0 bridgehead atoms. The van der Waals surface area contributed by atoms with Crippen LogP contribution in [-0.4, -0.2) is 24.2 Å². The van der Waals surface area contributed by atoms with Crippen molar-refractivity contribution in [3.63, 3.8) is 0 Å². The smallest absolute Gasteiger partial charge is 0.291 e. The van der Waals surface area contributed by atoms with Crippen LogP contribution in [0.2, 0.25) is 5.02 Å². The van der Waals surface area contributed by atoms with Crippen molar-refractivity contribution in [2.45, 2.75) is 19.6 Å². The Labute approximate surface area is 112 Å². The van der Waals surface area contributed by atoms with Crippen LogP contribution >= 0.6 is 27.5 Å². The zero-order chi connectivity index (χ0) is 13.1. The zero-order valence-corrected chi connectivity index (χ0v) is 11.5. The topological polar surface area (TPSA) is 3.24 Å². The maximum atomic E-state index is 12.3. The van der Waals surface area contributed by atoms with Gasteiger partial charge in [-0.2, -0.15) is 13.2 Å². The number of halogens is 5. The molecule has 0 radical (unpaired) electrons. The lowest BCUT2D eigenvalue weighted by atomic mass is 10.2. The first-order chi connectivity index (χ1) is 7.81. The van der Waals surface area contributed by atoms with Crippen LogP contribution < -0.4 is 0 Å². The lowest BCUT2D eigenvalue weighted by Crippen LogP contribution is -2.33. The average molecular weight is 331 g/mol. The third-order valence-electron chi connectivity index (χ3n) is 2.24. The predicted molar refractivity (Wildman–Crippen MR) is 66.2 cm³/mol. The minimum Gasteiger partial charge on any atom is -0.291 e. The summed E-state index contributed by atoms with van der Waals surface area (Å²) in [6.07, 6.45) is -4.17. The van der Waals surface area contributed by atoms with Crippen molar-refractivity contribution in [3.8, 4) is 0 Å². The minimum absolute atomic E-state index is 0.239. The Morgan fingerprint density at radius 1 is 1.35 bits per heavy atom. The first kappa shape index (κ1) is 14.8. The monoisotopic (exact) mass is 329 g/mol. The summed E-state index contributed by atoms with van der Waals surface area (Å²) in [5.74, 6) is 0. The molecule has 0 saturated carbocycles. The second kappa shape index (κ2) is 6.07. The van der Waals surface area contributed by atoms with Gasteiger partial charge in [0.25, 0.3) is 0 Å². The fraction of sp³-hybridized carbons (Fsp3) is 0.455. The molecule has 0 fully saturated rings. The van der Waals surface area contributed by atoms with Gasteiger partial charge in [-0.25, -0.2) is 0 Å². The summed E-state index contributed by atoms with van der Waals surface area (Å²) in [5.41, 5.74) is 0.768. The third-order valence-corrected chi connectivity index (χ3v) is 3.47. The van der Waals surface area contributed by atoms with Gasteiger partial charge < -0.3 is 0 Å². The number of alkyl halides is 3. The van der Waals surface area contributed by atoms with Crippen molar-refractivity contribution in [2.75, 3.05) is 13.1 Å². The predicted octanol–water partition coefficient (Wildman–Crippen LogP) is 4.49. The molecule has 1 nitrogen and oxygen atoms in total. The third kappa shape index (κ3) is 5.27. The lowest BCUT2D eigenvalue weighted by molar-refractivity contribution is -0.146. The van der Waals surface area contributed by atoms with E-state index in [9.17, 15) is 13.2 Å². The molecule has 6 heteroatoms. The van der Waals surface area contributed by atoms with Gasteiger partial charge in [0, 0.05) is 11.0 Å². The highest BCUT2D eigenvalue weighted by molar-refractivity contribution is 9.10. The fourth-order valence-corrected chi connectivity index (χ4v) is 1.88. The molecule has 0 aliphatic carbocycles. The van der Waals surface area contributed by atoms with Gasteiger partial charge in [0.05, 0.1) is 11.6 Å². The van der Waals surface area contributed by atoms with Crippen molar-refractivity contribution in [1.29, 1.82) is 0 Å². The van der Waals surface area contributed by atoms with E-state index >= 15 is 0 Å². The van der Waals surface area contributed by atoms with Crippen LogP contribution in [-0.2, 0) is 6.54 Å². The van der Waals surface area contributed by atoms with Crippen LogP contribution in [0.1, 0.15) is 12.5 Å². The van der Waals surface area contributed by atoms with E-state index in [1.54, 1.807) is 25.1 Å². The lowest BCUT2D eigenvalue weighted by Gasteiger charge is -2.22. The molecule has 1 rings (SSSR count). The molecule has 0 aromatic heterocycles. The van der Waals surface area contributed by atoms with Crippen LogP contribution in [0.3, 0.4) is 0 Å². The van der Waals surface area contributed by atoms with Crippen LogP contribution in [0, 0.1) is 0 Å². The van der Waals surface area contributed by atoms with Crippen molar-refractivity contribution in [1.82, 2.24) is 4.90 Å². The van der Waals surface area contributed by atoms with Gasteiger partial charge in [-0.05, 0) is 40.2 Å². The molecule has 0 unspecified atom stereocenters. The van der Waals surface area contributed by atoms with Crippen LogP contribution in [0.5, 0.6) is 0 Å². The highest BCUT2D eigenvalue weighted by atomic mass is 79.9. The molecule has 0 heterocycles. The summed E-state index contributed by atoms with van der Waals surface area (Å²) in [4.78, 5) is 1.32. The Balaban J connectivity index is 2.70. The first-order valence-electron chi connectivity index (χ1n) is 5.05. The van der Waals surface area contributed by atoms with Crippen molar-refractivity contribution in [2.24, 2.45) is 0 Å². The van der Waals surface area contributed by atoms with Crippen LogP contribution in [0.15, 0.2) is 22.7 Å². The van der Waals surface area contributed by atoms with Gasteiger partial charge in [0.1, 0.15) is 0 Å². The summed E-state index contributed by atoms with van der Waals surface area (Å²) < 4.78 is 37.5. The van der Waals surface area contributed by atoms with E-state index in [-0.39, 0.29) is 6.54 Å². The van der Waals surface area contributed by atoms with Crippen LogP contribution in [0.4, 0.5) is 13.2 Å². The molecule has 1 aromatic carbocycles. The zero-order valence-electron chi connectivity index (χ0n) is 9.19. The average Bonchev–Trinajstić information content (AvgIpc) is 2.20. The first-order valence-corrected chi connectivity index (χ1v) is 6.22. The molecule has 1 aromatic rings. The standard InChI is InChI=1S/C11H12BrClF3N/c1-2-17(7-11(14,15)16)6-8-3-4-9(12)10(13)5-8/h3-5H,2,6-7H2,1H3. The molecule has 0 spiro atoms. The van der Waals surface area contributed by atoms with Crippen LogP contribution in [0.25, 0.3) is 0 Å². The molecular weight excluding hydrogens is 318 g/mol. The Morgan fingerprint density at radius 3 is 2.47 bits per heavy atom. The quantitative estimate of drug-likeness (QED) is 0.786. The SMILES string of the molecule is CCN(Cc1ccc(Br)c(Cl)c1)CC(F)(F)F. The maximum Gasteiger partial charge on any atom is 0.401 e. The van der Waals surface area contributed by atoms with Gasteiger partial charge in [-0.3, -0.25) is 4.90 Å². The second-order valence-corrected chi connectivity index (χ2v) is 4.93. The Bertz CT molecular complexity index is 381. The van der Waals surface area contributed by atoms with Crippen molar-refractivity contribution < 1.29 is 13.2 Å². The summed E-state index contributed by atoms with van der Waals surface area (Å²) in [7, 11) is 0. The van der Waals surface area contributed by atoms with Gasteiger partial charge in [0.15, 0.2) is 0 Å². The number of rotatable bonds is 4. The molecule has 0 aliphatic heterocycles. The van der Waals surface area contributed by atoms with Gasteiger partial charge >= 0.3 is 6.18 Å². The molecule has 0 aliphatic rings. The van der Waals surface area contributed by atoms with E-state index < -0.39 is 12.7 Å². The molecule has 0 saturated heterocycles. The fourth-order valence-electron chi connectivity index (χ4n) is 1.43. The summed E-state index contributed by atoms with van der Waals surface area (Å²) >= 11 is 9.12. The summed E-state index contributed by atoms with van der Waals surface area (Å²) in [5, 5.41) is 0.505. The van der Waals surface area contributed by atoms with E-state index in [0.29, 0.717) is 11.6 Å². The molecule has 17 heavy (non-hydrogen) atoms. The largest absolute Gasteiger partial charge is 0.401 e. The normalized spacial score (nSPS) is 12.2. The Morgan fingerprint density at radius 2 is 2.00 bits per heavy atom. The van der Waals surface area contributed by atoms with E-state index in [0.717, 1.165) is 10.0 Å². The molecule has 0 atom stereocenters. The Kier molecular flexibility index (Phi) is 5.28. The van der Waals surface area contributed by atoms with Gasteiger partial charge in [0.2, 0.25) is 0 Å². The summed E-state index contributed by atoms with van der Waals surface area (Å²) in [6, 6.07) is 5.17. The van der Waals surface area contributed by atoms with E-state index in [4.69, 9.17) is 11.6 Å². The maximum absolute atomic E-state index is 12.3. The van der Waals surface area contributed by atoms with Gasteiger partial charge in [-0.1, -0.05) is 24.6 Å².